The van der Waals surface area contributed by atoms with Gasteiger partial charge in [-0.1, -0.05) is 23.2 Å². The molecule has 0 saturated heterocycles. The van der Waals surface area contributed by atoms with Crippen molar-refractivity contribution in [3.05, 3.63) is 10.6 Å². The van der Waals surface area contributed by atoms with Gasteiger partial charge in [-0.3, -0.25) is 9.59 Å². The molecule has 0 N–H and O–H groups in total. The molecule has 0 aromatic carbocycles. The zero-order chi connectivity index (χ0) is 12.8. The standard InChI is InChI=1S/C10H14Cl2O4/c1-4-15-8(13)10(3,7(12)6-11)9(14)16-5-2/h6H,4-5H2,1-3H3. The zero-order valence-corrected chi connectivity index (χ0v) is 10.9. The maximum absolute atomic E-state index is 11.7. The second-order valence-electron chi connectivity index (χ2n) is 3.02. The van der Waals surface area contributed by atoms with Crippen LogP contribution in [0, 0.1) is 5.41 Å². The van der Waals surface area contributed by atoms with Gasteiger partial charge in [-0.15, -0.1) is 0 Å². The van der Waals surface area contributed by atoms with Crippen molar-refractivity contribution < 1.29 is 19.1 Å². The zero-order valence-electron chi connectivity index (χ0n) is 9.38. The van der Waals surface area contributed by atoms with Crippen LogP contribution in [0.4, 0.5) is 0 Å². The summed E-state index contributed by atoms with van der Waals surface area (Å²) in [6.45, 7) is 4.84. The monoisotopic (exact) mass is 268 g/mol. The van der Waals surface area contributed by atoms with Gasteiger partial charge in [0.2, 0.25) is 0 Å². The molecule has 0 saturated carbocycles. The van der Waals surface area contributed by atoms with E-state index in [1.807, 2.05) is 0 Å². The molecule has 92 valence electrons. The Morgan fingerprint density at radius 2 is 1.56 bits per heavy atom. The molecule has 16 heavy (non-hydrogen) atoms. The van der Waals surface area contributed by atoms with E-state index in [4.69, 9.17) is 32.7 Å². The first-order valence-electron chi connectivity index (χ1n) is 4.75. The molecule has 0 amide bonds. The van der Waals surface area contributed by atoms with Crippen LogP contribution in [0.5, 0.6) is 0 Å². The number of rotatable bonds is 5. The van der Waals surface area contributed by atoms with E-state index in [2.05, 4.69) is 0 Å². The predicted molar refractivity (Wildman–Crippen MR) is 61.2 cm³/mol. The van der Waals surface area contributed by atoms with Crippen LogP contribution in [0.3, 0.4) is 0 Å². The Bertz CT molecular complexity index is 281. The number of hydrogen-bond donors (Lipinski definition) is 0. The van der Waals surface area contributed by atoms with Crippen molar-refractivity contribution in [1.82, 2.24) is 0 Å². The molecule has 0 rings (SSSR count). The van der Waals surface area contributed by atoms with Gasteiger partial charge in [-0.25, -0.2) is 0 Å². The second kappa shape index (κ2) is 6.76. The summed E-state index contributed by atoms with van der Waals surface area (Å²) in [7, 11) is 0. The molecule has 0 aliphatic carbocycles. The van der Waals surface area contributed by atoms with E-state index in [1.54, 1.807) is 13.8 Å². The highest BCUT2D eigenvalue weighted by Gasteiger charge is 2.47. The molecule has 0 aliphatic rings. The lowest BCUT2D eigenvalue weighted by molar-refractivity contribution is -0.167. The molecule has 0 aromatic heterocycles. The van der Waals surface area contributed by atoms with E-state index in [1.165, 1.54) is 6.92 Å². The summed E-state index contributed by atoms with van der Waals surface area (Å²) in [5, 5.41) is -0.133. The summed E-state index contributed by atoms with van der Waals surface area (Å²) in [5.41, 5.74) is -0.745. The number of ether oxygens (including phenoxy) is 2. The Morgan fingerprint density at radius 1 is 1.19 bits per heavy atom. The van der Waals surface area contributed by atoms with Crippen LogP contribution in [0.1, 0.15) is 20.8 Å². The van der Waals surface area contributed by atoms with Crippen molar-refractivity contribution in [2.24, 2.45) is 5.41 Å². The minimum atomic E-state index is -1.70. The lowest BCUT2D eigenvalue weighted by Gasteiger charge is -2.23. The maximum Gasteiger partial charge on any atom is 0.328 e. The number of halogens is 2. The molecule has 0 unspecified atom stereocenters. The summed E-state index contributed by atoms with van der Waals surface area (Å²) in [6, 6.07) is 0. The van der Waals surface area contributed by atoms with E-state index in [-0.39, 0.29) is 18.2 Å². The van der Waals surface area contributed by atoms with Crippen LogP contribution >= 0.6 is 23.2 Å². The quantitative estimate of drug-likeness (QED) is 0.568. The van der Waals surface area contributed by atoms with Crippen LogP contribution in [0.2, 0.25) is 0 Å². The van der Waals surface area contributed by atoms with Gasteiger partial charge in [0, 0.05) is 5.54 Å². The highest BCUT2D eigenvalue weighted by atomic mass is 35.5. The number of hydrogen-bond acceptors (Lipinski definition) is 4. The molecule has 0 atom stereocenters. The van der Waals surface area contributed by atoms with Gasteiger partial charge in [0.05, 0.1) is 18.2 Å². The first-order chi connectivity index (χ1) is 7.44. The molecule has 4 nitrogen and oxygen atoms in total. The minimum absolute atomic E-state index is 0.133. The lowest BCUT2D eigenvalue weighted by Crippen LogP contribution is -2.39. The third-order valence-corrected chi connectivity index (χ3v) is 2.76. The highest BCUT2D eigenvalue weighted by Crippen LogP contribution is 2.33. The van der Waals surface area contributed by atoms with Crippen LogP contribution in [0.15, 0.2) is 10.6 Å². The molecule has 0 radical (unpaired) electrons. The van der Waals surface area contributed by atoms with E-state index in [0.717, 1.165) is 5.54 Å². The van der Waals surface area contributed by atoms with E-state index < -0.39 is 17.4 Å². The van der Waals surface area contributed by atoms with E-state index >= 15 is 0 Å². The van der Waals surface area contributed by atoms with Gasteiger partial charge in [-0.2, -0.15) is 0 Å². The number of esters is 2. The molecular formula is C10H14Cl2O4. The Kier molecular flexibility index (Phi) is 6.45. The Morgan fingerprint density at radius 3 is 1.81 bits per heavy atom. The Balaban J connectivity index is 5.19. The maximum atomic E-state index is 11.7. The summed E-state index contributed by atoms with van der Waals surface area (Å²) < 4.78 is 9.55. The van der Waals surface area contributed by atoms with E-state index in [0.29, 0.717) is 0 Å². The van der Waals surface area contributed by atoms with Crippen LogP contribution < -0.4 is 0 Å². The average Bonchev–Trinajstić information content (AvgIpc) is 2.27. The number of carbonyl (C=O) groups excluding carboxylic acids is 2. The van der Waals surface area contributed by atoms with Gasteiger partial charge in [0.1, 0.15) is 0 Å². The second-order valence-corrected chi connectivity index (χ2v) is 3.65. The van der Waals surface area contributed by atoms with Crippen molar-refractivity contribution in [3.63, 3.8) is 0 Å². The number of carbonyl (C=O) groups is 2. The summed E-state index contributed by atoms with van der Waals surface area (Å²) in [4.78, 5) is 23.3. The molecule has 0 bridgehead atoms. The molecule has 6 heteroatoms. The summed E-state index contributed by atoms with van der Waals surface area (Å²) in [6.07, 6.45) is 0. The fourth-order valence-corrected chi connectivity index (χ4v) is 1.31. The summed E-state index contributed by atoms with van der Waals surface area (Å²) >= 11 is 11.2. The topological polar surface area (TPSA) is 52.6 Å². The van der Waals surface area contributed by atoms with Gasteiger partial charge >= 0.3 is 11.9 Å². The van der Waals surface area contributed by atoms with Crippen molar-refractivity contribution in [2.45, 2.75) is 20.8 Å². The minimum Gasteiger partial charge on any atom is -0.465 e. The molecule has 0 heterocycles. The van der Waals surface area contributed by atoms with Gasteiger partial charge in [-0.05, 0) is 20.8 Å². The normalized spacial score (nSPS) is 12.2. The highest BCUT2D eigenvalue weighted by molar-refractivity contribution is 6.40. The van der Waals surface area contributed by atoms with Crippen LogP contribution in [-0.2, 0) is 19.1 Å². The fraction of sp³-hybridized carbons (Fsp3) is 0.600. The Hall–Kier alpha value is -0.740. The van der Waals surface area contributed by atoms with Gasteiger partial charge < -0.3 is 9.47 Å². The smallest absolute Gasteiger partial charge is 0.328 e. The van der Waals surface area contributed by atoms with Crippen molar-refractivity contribution in [3.8, 4) is 0 Å². The van der Waals surface area contributed by atoms with Crippen molar-refractivity contribution in [1.29, 1.82) is 0 Å². The molecule has 0 aliphatic heterocycles. The van der Waals surface area contributed by atoms with Crippen molar-refractivity contribution in [2.75, 3.05) is 13.2 Å². The SMILES string of the molecule is CCOC(=O)C(C)(C(=O)OCC)C(Cl)=CCl. The molecule has 0 fully saturated rings. The van der Waals surface area contributed by atoms with Crippen LogP contribution in [-0.4, -0.2) is 25.2 Å². The van der Waals surface area contributed by atoms with E-state index in [9.17, 15) is 9.59 Å². The Labute approximate surface area is 104 Å². The third-order valence-electron chi connectivity index (χ3n) is 1.94. The molecular weight excluding hydrogens is 255 g/mol. The third kappa shape index (κ3) is 3.12. The molecule has 0 aromatic rings. The largest absolute Gasteiger partial charge is 0.465 e. The van der Waals surface area contributed by atoms with Gasteiger partial charge in [0.15, 0.2) is 5.41 Å². The van der Waals surface area contributed by atoms with Crippen LogP contribution in [0.25, 0.3) is 0 Å². The lowest BCUT2D eigenvalue weighted by atomic mass is 9.91. The first kappa shape index (κ1) is 15.3. The predicted octanol–water partition coefficient (Wildman–Crippen LogP) is 2.44. The fourth-order valence-electron chi connectivity index (χ4n) is 0.938. The average molecular weight is 269 g/mol. The molecule has 0 spiro atoms. The summed E-state index contributed by atoms with van der Waals surface area (Å²) in [5.74, 6) is -1.56. The first-order valence-corrected chi connectivity index (χ1v) is 5.57. The van der Waals surface area contributed by atoms with Crippen molar-refractivity contribution >= 4 is 35.1 Å². The van der Waals surface area contributed by atoms with Gasteiger partial charge in [0.25, 0.3) is 0 Å².